The van der Waals surface area contributed by atoms with Gasteiger partial charge in [-0.25, -0.2) is 18.4 Å². The monoisotopic (exact) mass is 478 g/mol. The van der Waals surface area contributed by atoms with Gasteiger partial charge in [0.15, 0.2) is 5.54 Å². The van der Waals surface area contributed by atoms with E-state index in [1.165, 1.54) is 24.3 Å². The summed E-state index contributed by atoms with van der Waals surface area (Å²) in [6.07, 6.45) is -0.143. The van der Waals surface area contributed by atoms with Gasteiger partial charge in [-0.2, -0.15) is 0 Å². The largest absolute Gasteiger partial charge is 0.326 e. The highest BCUT2D eigenvalue weighted by atomic mass is 32.2. The number of amides is 4. The lowest BCUT2D eigenvalue weighted by atomic mass is 9.82. The van der Waals surface area contributed by atoms with E-state index in [-0.39, 0.29) is 17.9 Å². The Bertz CT molecular complexity index is 1290. The van der Waals surface area contributed by atoms with E-state index in [1.807, 2.05) is 12.1 Å². The Morgan fingerprint density at radius 1 is 0.882 bits per heavy atom. The number of rotatable bonds is 7. The normalized spacial score (nSPS) is 15.1. The van der Waals surface area contributed by atoms with Crippen LogP contribution < -0.4 is 15.8 Å². The highest BCUT2D eigenvalue weighted by molar-refractivity contribution is 7.89. The maximum atomic E-state index is 13.6. The minimum absolute atomic E-state index is 0.0806. The van der Waals surface area contributed by atoms with E-state index in [0.29, 0.717) is 16.8 Å². The van der Waals surface area contributed by atoms with Gasteiger partial charge in [-0.3, -0.25) is 14.5 Å². The molecule has 4 rings (SSSR count). The number of urea groups is 1. The Hall–Kier alpha value is -4.02. The van der Waals surface area contributed by atoms with Crippen LogP contribution in [0.3, 0.4) is 0 Å². The number of primary sulfonamides is 1. The second-order valence-electron chi connectivity index (χ2n) is 7.74. The van der Waals surface area contributed by atoms with Gasteiger partial charge in [0.2, 0.25) is 15.9 Å². The van der Waals surface area contributed by atoms with E-state index in [0.717, 1.165) is 4.90 Å². The van der Waals surface area contributed by atoms with E-state index in [4.69, 9.17) is 5.14 Å². The van der Waals surface area contributed by atoms with Crippen molar-refractivity contribution in [3.8, 4) is 0 Å². The number of sulfonamides is 1. The van der Waals surface area contributed by atoms with Crippen LogP contribution >= 0.6 is 0 Å². The lowest BCUT2D eigenvalue weighted by Crippen LogP contribution is -2.45. The number of carbonyl (C=O) groups is 3. The van der Waals surface area contributed by atoms with E-state index < -0.39 is 33.4 Å². The van der Waals surface area contributed by atoms with Crippen LogP contribution in [0.2, 0.25) is 0 Å². The fraction of sp³-hybridized carbons (Fsp3) is 0.125. The van der Waals surface area contributed by atoms with Crippen LogP contribution in [0, 0.1) is 0 Å². The van der Waals surface area contributed by atoms with Crippen LogP contribution in [-0.4, -0.2) is 37.7 Å². The summed E-state index contributed by atoms with van der Waals surface area (Å²) in [5.41, 5.74) is 0.194. The summed E-state index contributed by atoms with van der Waals surface area (Å²) >= 11 is 0. The number of nitrogens with zero attached hydrogens (tertiary/aromatic N) is 1. The molecule has 1 aliphatic rings. The summed E-state index contributed by atoms with van der Waals surface area (Å²) < 4.78 is 22.7. The average Bonchev–Trinajstić information content (AvgIpc) is 3.09. The smallest absolute Gasteiger partial charge is 0.325 e. The summed E-state index contributed by atoms with van der Waals surface area (Å²) in [6.45, 7) is -0.132. The number of benzene rings is 3. The van der Waals surface area contributed by atoms with E-state index in [2.05, 4.69) is 10.6 Å². The Morgan fingerprint density at radius 3 is 1.91 bits per heavy atom. The molecule has 4 amide bonds. The third-order valence-corrected chi connectivity index (χ3v) is 6.48. The van der Waals surface area contributed by atoms with E-state index in [9.17, 15) is 22.8 Å². The second kappa shape index (κ2) is 9.08. The number of nitrogens with one attached hydrogen (secondary N) is 2. The lowest BCUT2D eigenvalue weighted by molar-refractivity contribution is -0.130. The summed E-state index contributed by atoms with van der Waals surface area (Å²) in [7, 11) is -3.84. The van der Waals surface area contributed by atoms with Gasteiger partial charge >= 0.3 is 6.03 Å². The number of hydrogen-bond donors (Lipinski definition) is 3. The van der Waals surface area contributed by atoms with Crippen LogP contribution in [0.1, 0.15) is 17.5 Å². The predicted octanol–water partition coefficient (Wildman–Crippen LogP) is 2.16. The van der Waals surface area contributed by atoms with Crippen LogP contribution in [-0.2, 0) is 25.2 Å². The molecule has 3 aromatic rings. The molecule has 0 spiro atoms. The third kappa shape index (κ3) is 4.41. The first-order valence-electron chi connectivity index (χ1n) is 10.4. The Balaban J connectivity index is 1.50. The molecular weight excluding hydrogens is 456 g/mol. The molecule has 0 unspecified atom stereocenters. The Morgan fingerprint density at radius 2 is 1.41 bits per heavy atom. The molecule has 9 nitrogen and oxygen atoms in total. The lowest BCUT2D eigenvalue weighted by Gasteiger charge is -2.28. The maximum absolute atomic E-state index is 13.6. The molecule has 0 atom stereocenters. The first-order valence-corrected chi connectivity index (χ1v) is 11.9. The molecule has 3 aromatic carbocycles. The van der Waals surface area contributed by atoms with Crippen molar-refractivity contribution in [1.29, 1.82) is 0 Å². The molecule has 0 aliphatic carbocycles. The number of nitrogens with two attached hydrogens (primary N) is 1. The molecule has 34 heavy (non-hydrogen) atoms. The fourth-order valence-corrected chi connectivity index (χ4v) is 4.39. The van der Waals surface area contributed by atoms with Crippen molar-refractivity contribution in [3.05, 3.63) is 96.1 Å². The van der Waals surface area contributed by atoms with E-state index in [1.54, 1.807) is 48.5 Å². The molecule has 1 saturated heterocycles. The number of carbonyl (C=O) groups excluding carboxylic acids is 3. The third-order valence-electron chi connectivity index (χ3n) is 5.55. The molecule has 174 valence electrons. The molecule has 10 heteroatoms. The van der Waals surface area contributed by atoms with Crippen molar-refractivity contribution in [1.82, 2.24) is 10.2 Å². The summed E-state index contributed by atoms with van der Waals surface area (Å²) in [5, 5.41) is 10.5. The molecular formula is C24H22N4O5S. The van der Waals surface area contributed by atoms with Crippen LogP contribution in [0.15, 0.2) is 89.8 Å². The highest BCUT2D eigenvalue weighted by Crippen LogP contribution is 2.36. The molecule has 1 aliphatic heterocycles. The zero-order valence-corrected chi connectivity index (χ0v) is 18.8. The van der Waals surface area contributed by atoms with Gasteiger partial charge < -0.3 is 10.6 Å². The van der Waals surface area contributed by atoms with Crippen LogP contribution in [0.25, 0.3) is 0 Å². The Kier molecular flexibility index (Phi) is 6.18. The molecule has 1 heterocycles. The number of hydrogen-bond acceptors (Lipinski definition) is 5. The Labute approximate surface area is 196 Å². The van der Waals surface area contributed by atoms with E-state index >= 15 is 0 Å². The zero-order valence-electron chi connectivity index (χ0n) is 18.0. The zero-order chi connectivity index (χ0) is 24.3. The quantitative estimate of drug-likeness (QED) is 0.447. The minimum atomic E-state index is -3.84. The molecule has 0 saturated carbocycles. The van der Waals surface area contributed by atoms with Gasteiger partial charge in [0, 0.05) is 18.7 Å². The molecule has 1 fully saturated rings. The summed E-state index contributed by atoms with van der Waals surface area (Å²) in [6, 6.07) is 22.6. The second-order valence-corrected chi connectivity index (χ2v) is 9.30. The SMILES string of the molecule is NS(=O)(=O)c1ccc(NC(=O)CCN2C(=O)NC(c3ccccc3)(c3ccccc3)C2=O)cc1. The first-order chi connectivity index (χ1) is 16.2. The standard InChI is InChI=1S/C24H22N4O5S/c25-34(32,33)20-13-11-19(12-14-20)26-21(29)15-16-28-22(30)24(27-23(28)31,17-7-3-1-4-8-17)18-9-5-2-6-10-18/h1-14H,15-16H2,(H,26,29)(H,27,31)(H2,25,32,33). The predicted molar refractivity (Wildman–Crippen MR) is 125 cm³/mol. The molecule has 0 bridgehead atoms. The first kappa shape index (κ1) is 23.1. The van der Waals surface area contributed by atoms with Crippen molar-refractivity contribution in [2.45, 2.75) is 16.9 Å². The minimum Gasteiger partial charge on any atom is -0.326 e. The summed E-state index contributed by atoms with van der Waals surface area (Å²) in [5.74, 6) is -0.916. The number of imide groups is 1. The number of anilines is 1. The van der Waals surface area contributed by atoms with Gasteiger partial charge in [0.05, 0.1) is 4.90 Å². The van der Waals surface area contributed by atoms with Crippen LogP contribution in [0.4, 0.5) is 10.5 Å². The van der Waals surface area contributed by atoms with Crippen molar-refractivity contribution in [3.63, 3.8) is 0 Å². The van der Waals surface area contributed by atoms with Crippen molar-refractivity contribution < 1.29 is 22.8 Å². The van der Waals surface area contributed by atoms with Crippen molar-refractivity contribution >= 4 is 33.6 Å². The van der Waals surface area contributed by atoms with Gasteiger partial charge in [-0.05, 0) is 35.4 Å². The maximum Gasteiger partial charge on any atom is 0.325 e. The van der Waals surface area contributed by atoms with Crippen molar-refractivity contribution in [2.24, 2.45) is 5.14 Å². The molecule has 0 aromatic heterocycles. The van der Waals surface area contributed by atoms with Crippen molar-refractivity contribution in [2.75, 3.05) is 11.9 Å². The fourth-order valence-electron chi connectivity index (χ4n) is 3.88. The van der Waals surface area contributed by atoms with Gasteiger partial charge in [-0.15, -0.1) is 0 Å². The summed E-state index contributed by atoms with van der Waals surface area (Å²) in [4.78, 5) is 39.8. The van der Waals surface area contributed by atoms with Crippen LogP contribution in [0.5, 0.6) is 0 Å². The van der Waals surface area contributed by atoms with Gasteiger partial charge in [0.1, 0.15) is 0 Å². The molecule has 4 N–H and O–H groups in total. The van der Waals surface area contributed by atoms with Gasteiger partial charge in [0.25, 0.3) is 5.91 Å². The highest BCUT2D eigenvalue weighted by Gasteiger charge is 2.53. The topological polar surface area (TPSA) is 139 Å². The van der Waals surface area contributed by atoms with Gasteiger partial charge in [-0.1, -0.05) is 60.7 Å². The molecule has 0 radical (unpaired) electrons. The average molecular weight is 479 g/mol.